The summed E-state index contributed by atoms with van der Waals surface area (Å²) in [6.45, 7) is 2.84. The molecule has 2 fully saturated rings. The van der Waals surface area contributed by atoms with E-state index < -0.39 is 18.0 Å². The Morgan fingerprint density at radius 3 is 3.03 bits per heavy atom. The lowest BCUT2D eigenvalue weighted by Gasteiger charge is -2.25. The number of hydrogen-bond donors (Lipinski definition) is 2. The topological polar surface area (TPSA) is 92.4 Å². The van der Waals surface area contributed by atoms with Crippen LogP contribution in [0.1, 0.15) is 28.9 Å². The fourth-order valence-corrected chi connectivity index (χ4v) is 4.22. The standard InChI is InChI=1S/C18H20F2N8O/c1-26-9-13(15(25-26)16(19)20)23-18(29)12-7-22-28-3-2-14(24-17(12)28)27-8-10-4-11(27)6-21-5-10/h2-3,7,9-11,16,21H,4-6,8H2,1H3,(H,23,29)/t10-,11+/m0/s1. The van der Waals surface area contributed by atoms with Crippen molar-refractivity contribution in [2.24, 2.45) is 13.0 Å². The summed E-state index contributed by atoms with van der Waals surface area (Å²) in [6.07, 6.45) is 2.84. The Bertz CT molecular complexity index is 1080. The average molecular weight is 402 g/mol. The number of fused-ring (bicyclic) bond motifs is 3. The van der Waals surface area contributed by atoms with Crippen LogP contribution >= 0.6 is 0 Å². The highest BCUT2D eigenvalue weighted by Crippen LogP contribution is 2.30. The molecule has 0 aromatic carbocycles. The third-order valence-corrected chi connectivity index (χ3v) is 5.52. The van der Waals surface area contributed by atoms with Crippen molar-refractivity contribution in [3.63, 3.8) is 0 Å². The summed E-state index contributed by atoms with van der Waals surface area (Å²) in [5.41, 5.74) is 0.110. The zero-order valence-electron chi connectivity index (χ0n) is 15.7. The summed E-state index contributed by atoms with van der Waals surface area (Å²) in [6, 6.07) is 2.27. The van der Waals surface area contributed by atoms with Crippen LogP contribution in [-0.2, 0) is 7.05 Å². The first-order valence-corrected chi connectivity index (χ1v) is 9.44. The highest BCUT2D eigenvalue weighted by Gasteiger charge is 2.36. The van der Waals surface area contributed by atoms with Crippen LogP contribution in [0.25, 0.3) is 5.65 Å². The molecule has 5 heterocycles. The fourth-order valence-electron chi connectivity index (χ4n) is 4.22. The maximum Gasteiger partial charge on any atom is 0.284 e. The normalized spacial score (nSPS) is 21.3. The third kappa shape index (κ3) is 3.11. The molecular formula is C18H20F2N8O. The minimum atomic E-state index is -2.79. The van der Waals surface area contributed by atoms with Gasteiger partial charge in [0.1, 0.15) is 11.4 Å². The summed E-state index contributed by atoms with van der Waals surface area (Å²) in [5.74, 6) is 0.831. The molecule has 0 saturated carbocycles. The average Bonchev–Trinajstić information content (AvgIpc) is 3.36. The van der Waals surface area contributed by atoms with Gasteiger partial charge in [0, 0.05) is 38.6 Å². The van der Waals surface area contributed by atoms with Crippen LogP contribution in [0.15, 0.2) is 24.7 Å². The minimum Gasteiger partial charge on any atom is -0.352 e. The Morgan fingerprint density at radius 2 is 2.24 bits per heavy atom. The predicted molar refractivity (Wildman–Crippen MR) is 101 cm³/mol. The van der Waals surface area contributed by atoms with Gasteiger partial charge in [-0.2, -0.15) is 10.2 Å². The maximum absolute atomic E-state index is 13.2. The van der Waals surface area contributed by atoms with Crippen molar-refractivity contribution in [2.75, 3.05) is 29.9 Å². The smallest absolute Gasteiger partial charge is 0.284 e. The number of piperidine rings is 1. The van der Waals surface area contributed by atoms with Crippen LogP contribution in [0.2, 0.25) is 0 Å². The quantitative estimate of drug-likeness (QED) is 0.686. The molecule has 0 radical (unpaired) electrons. The first-order chi connectivity index (χ1) is 14.0. The lowest BCUT2D eigenvalue weighted by atomic mass is 10.0. The van der Waals surface area contributed by atoms with Crippen LogP contribution in [0.4, 0.5) is 20.3 Å². The molecule has 2 saturated heterocycles. The number of carbonyl (C=O) groups excluding carboxylic acids is 1. The number of alkyl halides is 2. The molecule has 2 N–H and O–H groups in total. The van der Waals surface area contributed by atoms with Gasteiger partial charge in [0.15, 0.2) is 11.3 Å². The van der Waals surface area contributed by atoms with Crippen LogP contribution in [0.5, 0.6) is 0 Å². The van der Waals surface area contributed by atoms with Crippen LogP contribution < -0.4 is 15.5 Å². The number of nitrogens with one attached hydrogen (secondary N) is 2. The molecule has 5 rings (SSSR count). The number of aromatic nitrogens is 5. The van der Waals surface area contributed by atoms with Crippen LogP contribution in [-0.4, -0.2) is 56.0 Å². The van der Waals surface area contributed by atoms with E-state index in [0.717, 1.165) is 31.9 Å². The zero-order chi connectivity index (χ0) is 20.1. The summed E-state index contributed by atoms with van der Waals surface area (Å²) in [4.78, 5) is 19.7. The van der Waals surface area contributed by atoms with Gasteiger partial charge in [-0.3, -0.25) is 9.48 Å². The van der Waals surface area contributed by atoms with Gasteiger partial charge in [0.05, 0.1) is 11.9 Å². The minimum absolute atomic E-state index is 0.0255. The first kappa shape index (κ1) is 18.0. The van der Waals surface area contributed by atoms with E-state index in [-0.39, 0.29) is 11.3 Å². The second kappa shape index (κ2) is 6.76. The predicted octanol–water partition coefficient (Wildman–Crippen LogP) is 1.45. The highest BCUT2D eigenvalue weighted by molar-refractivity contribution is 6.08. The molecule has 0 spiro atoms. The van der Waals surface area contributed by atoms with E-state index in [1.54, 1.807) is 6.20 Å². The van der Waals surface area contributed by atoms with Gasteiger partial charge in [0.2, 0.25) is 0 Å². The Morgan fingerprint density at radius 1 is 1.38 bits per heavy atom. The molecule has 3 aromatic heterocycles. The lowest BCUT2D eigenvalue weighted by molar-refractivity contribution is 0.102. The molecule has 1 amide bonds. The Kier molecular flexibility index (Phi) is 4.19. The monoisotopic (exact) mass is 402 g/mol. The number of amides is 1. The molecule has 29 heavy (non-hydrogen) atoms. The second-order valence-electron chi connectivity index (χ2n) is 7.53. The summed E-state index contributed by atoms with van der Waals surface area (Å²) >= 11 is 0. The van der Waals surface area contributed by atoms with Crippen LogP contribution in [0, 0.1) is 5.92 Å². The van der Waals surface area contributed by atoms with E-state index in [2.05, 4.69) is 30.7 Å². The molecule has 11 heteroatoms. The van der Waals surface area contributed by atoms with E-state index in [1.165, 1.54) is 28.6 Å². The molecular weight excluding hydrogens is 382 g/mol. The van der Waals surface area contributed by atoms with E-state index in [1.807, 2.05) is 6.07 Å². The molecule has 0 aliphatic carbocycles. The molecule has 2 bridgehead atoms. The van der Waals surface area contributed by atoms with Crippen molar-refractivity contribution >= 4 is 23.1 Å². The van der Waals surface area contributed by atoms with Gasteiger partial charge < -0.3 is 15.5 Å². The number of halogens is 2. The second-order valence-corrected chi connectivity index (χ2v) is 7.53. The van der Waals surface area contributed by atoms with Crippen molar-refractivity contribution in [3.8, 4) is 0 Å². The van der Waals surface area contributed by atoms with Crippen LogP contribution in [0.3, 0.4) is 0 Å². The van der Waals surface area contributed by atoms with Gasteiger partial charge in [-0.15, -0.1) is 0 Å². The summed E-state index contributed by atoms with van der Waals surface area (Å²) < 4.78 is 29.1. The lowest BCUT2D eigenvalue weighted by Crippen LogP contribution is -2.39. The van der Waals surface area contributed by atoms with E-state index >= 15 is 0 Å². The van der Waals surface area contributed by atoms with Crippen molar-refractivity contribution in [2.45, 2.75) is 18.9 Å². The van der Waals surface area contributed by atoms with Gasteiger partial charge >= 0.3 is 0 Å². The van der Waals surface area contributed by atoms with Gasteiger partial charge in [0.25, 0.3) is 12.3 Å². The van der Waals surface area contributed by atoms with Gasteiger partial charge in [-0.05, 0) is 24.9 Å². The highest BCUT2D eigenvalue weighted by atomic mass is 19.3. The summed E-state index contributed by atoms with van der Waals surface area (Å²) in [7, 11) is 1.52. The molecule has 2 atom stereocenters. The van der Waals surface area contributed by atoms with E-state index in [4.69, 9.17) is 0 Å². The number of anilines is 2. The van der Waals surface area contributed by atoms with Crippen molar-refractivity contribution in [1.82, 2.24) is 29.7 Å². The van der Waals surface area contributed by atoms with Crippen molar-refractivity contribution in [1.29, 1.82) is 0 Å². The Balaban J connectivity index is 1.45. The zero-order valence-corrected chi connectivity index (χ0v) is 15.7. The molecule has 3 aromatic rings. The molecule has 9 nitrogen and oxygen atoms in total. The number of rotatable bonds is 4. The number of hydrogen-bond acceptors (Lipinski definition) is 6. The van der Waals surface area contributed by atoms with Crippen molar-refractivity contribution in [3.05, 3.63) is 35.9 Å². The summed E-state index contributed by atoms with van der Waals surface area (Å²) in [5, 5.41) is 13.8. The van der Waals surface area contributed by atoms with Gasteiger partial charge in [-0.1, -0.05) is 0 Å². The number of aryl methyl sites for hydroxylation is 1. The SMILES string of the molecule is Cn1cc(NC(=O)c2cnn3ccc(N4C[C@@H]5CNC[C@H]4C5)nc23)c(C(F)F)n1. The third-order valence-electron chi connectivity index (χ3n) is 5.52. The largest absolute Gasteiger partial charge is 0.352 e. The molecule has 152 valence electrons. The Labute approximate surface area is 164 Å². The van der Waals surface area contributed by atoms with E-state index in [0.29, 0.717) is 17.6 Å². The van der Waals surface area contributed by atoms with Gasteiger partial charge in [-0.25, -0.2) is 18.3 Å². The number of carbonyl (C=O) groups is 1. The fraction of sp³-hybridized carbons (Fsp3) is 0.444. The first-order valence-electron chi connectivity index (χ1n) is 9.44. The molecule has 2 aliphatic heterocycles. The van der Waals surface area contributed by atoms with Crippen molar-refractivity contribution < 1.29 is 13.6 Å². The molecule has 2 aliphatic rings. The van der Waals surface area contributed by atoms with E-state index in [9.17, 15) is 13.6 Å². The maximum atomic E-state index is 13.2. The Hall–Kier alpha value is -3.08. The number of nitrogens with zero attached hydrogens (tertiary/aromatic N) is 6. The molecule has 0 unspecified atom stereocenters.